The van der Waals surface area contributed by atoms with Gasteiger partial charge in [0, 0.05) is 17.1 Å². The summed E-state index contributed by atoms with van der Waals surface area (Å²) in [5.41, 5.74) is 5.55. The molecule has 0 fully saturated rings. The molecule has 0 spiro atoms. The van der Waals surface area contributed by atoms with E-state index >= 15 is 0 Å². The van der Waals surface area contributed by atoms with Crippen LogP contribution in [0.15, 0.2) is 30.5 Å². The van der Waals surface area contributed by atoms with E-state index in [-0.39, 0.29) is 5.56 Å². The Kier molecular flexibility index (Phi) is 3.23. The van der Waals surface area contributed by atoms with Gasteiger partial charge in [0.1, 0.15) is 12.0 Å². The molecule has 0 amide bonds. The summed E-state index contributed by atoms with van der Waals surface area (Å²) in [5.74, 6) is -3.94. The standard InChI is InChI=1S/C12H11F3N2O2/c13-12(14,15)9(10(16)11(18)19)7-5-17-8-4-2-1-3-6(7)8/h1-5,9-10,17H,16H2,(H,18,19)/t9?,10-/m0/s1. The number of carboxylic acids is 1. The van der Waals surface area contributed by atoms with Gasteiger partial charge in [-0.15, -0.1) is 0 Å². The first-order valence-corrected chi connectivity index (χ1v) is 5.43. The SMILES string of the molecule is N[C@H](C(=O)O)C(c1c[nH]c2ccccc12)C(F)(F)F. The molecular formula is C12H11F3N2O2. The molecule has 4 nitrogen and oxygen atoms in total. The maximum absolute atomic E-state index is 13.1. The third-order valence-electron chi connectivity index (χ3n) is 2.95. The Hall–Kier alpha value is -2.02. The number of carbonyl (C=O) groups is 1. The number of hydrogen-bond acceptors (Lipinski definition) is 2. The van der Waals surface area contributed by atoms with Crippen molar-refractivity contribution in [2.75, 3.05) is 0 Å². The number of aromatic nitrogens is 1. The zero-order valence-electron chi connectivity index (χ0n) is 9.61. The summed E-state index contributed by atoms with van der Waals surface area (Å²) in [4.78, 5) is 13.5. The number of hydrogen-bond donors (Lipinski definition) is 3. The van der Waals surface area contributed by atoms with Crippen molar-refractivity contribution in [2.45, 2.75) is 18.1 Å². The minimum absolute atomic E-state index is 0.155. The molecule has 4 N–H and O–H groups in total. The van der Waals surface area contributed by atoms with E-state index in [0.717, 1.165) is 6.20 Å². The van der Waals surface area contributed by atoms with Crippen molar-refractivity contribution in [1.82, 2.24) is 4.98 Å². The number of fused-ring (bicyclic) bond motifs is 1. The van der Waals surface area contributed by atoms with Crippen LogP contribution >= 0.6 is 0 Å². The number of halogens is 3. The van der Waals surface area contributed by atoms with Crippen molar-refractivity contribution in [3.63, 3.8) is 0 Å². The van der Waals surface area contributed by atoms with Gasteiger partial charge in [0.2, 0.25) is 0 Å². The van der Waals surface area contributed by atoms with Crippen molar-refractivity contribution < 1.29 is 23.1 Å². The smallest absolute Gasteiger partial charge is 0.397 e. The number of aliphatic carboxylic acids is 1. The fourth-order valence-electron chi connectivity index (χ4n) is 2.07. The second kappa shape index (κ2) is 4.58. The molecule has 7 heteroatoms. The molecule has 0 radical (unpaired) electrons. The first-order valence-electron chi connectivity index (χ1n) is 5.43. The van der Waals surface area contributed by atoms with Crippen LogP contribution in [0.4, 0.5) is 13.2 Å². The summed E-state index contributed by atoms with van der Waals surface area (Å²) < 4.78 is 39.2. The second-order valence-corrected chi connectivity index (χ2v) is 4.17. The number of nitrogens with one attached hydrogen (secondary N) is 1. The fourth-order valence-corrected chi connectivity index (χ4v) is 2.07. The number of benzene rings is 1. The highest BCUT2D eigenvalue weighted by Gasteiger charge is 2.48. The molecule has 2 atom stereocenters. The number of carboxylic acid groups (broad SMARTS) is 1. The highest BCUT2D eigenvalue weighted by Crippen LogP contribution is 2.39. The Morgan fingerprint density at radius 2 is 1.95 bits per heavy atom. The van der Waals surface area contributed by atoms with E-state index in [4.69, 9.17) is 10.8 Å². The average Bonchev–Trinajstić information content (AvgIpc) is 2.71. The molecule has 0 bridgehead atoms. The summed E-state index contributed by atoms with van der Waals surface area (Å²) in [7, 11) is 0. The third kappa shape index (κ3) is 2.41. The molecule has 1 aromatic heterocycles. The summed E-state index contributed by atoms with van der Waals surface area (Å²) >= 11 is 0. The van der Waals surface area contributed by atoms with Gasteiger partial charge < -0.3 is 15.8 Å². The molecular weight excluding hydrogens is 261 g/mol. The van der Waals surface area contributed by atoms with Crippen LogP contribution in [-0.4, -0.2) is 28.3 Å². The lowest BCUT2D eigenvalue weighted by molar-refractivity contribution is -0.166. The molecule has 2 rings (SSSR count). The molecule has 0 saturated carbocycles. The molecule has 2 aromatic rings. The van der Waals surface area contributed by atoms with Gasteiger partial charge in [-0.1, -0.05) is 18.2 Å². The predicted molar refractivity (Wildman–Crippen MR) is 62.7 cm³/mol. The molecule has 102 valence electrons. The van der Waals surface area contributed by atoms with E-state index in [2.05, 4.69) is 4.98 Å². The van der Waals surface area contributed by atoms with E-state index in [1.165, 1.54) is 6.07 Å². The van der Waals surface area contributed by atoms with Gasteiger partial charge in [0.15, 0.2) is 0 Å². The molecule has 0 aliphatic rings. The maximum Gasteiger partial charge on any atom is 0.397 e. The zero-order valence-corrected chi connectivity index (χ0v) is 9.61. The molecule has 0 saturated heterocycles. The second-order valence-electron chi connectivity index (χ2n) is 4.17. The van der Waals surface area contributed by atoms with E-state index in [1.54, 1.807) is 18.2 Å². The van der Waals surface area contributed by atoms with Crippen molar-refractivity contribution in [2.24, 2.45) is 5.73 Å². The Bertz CT molecular complexity index is 606. The normalized spacial score (nSPS) is 15.4. The Morgan fingerprint density at radius 3 is 2.53 bits per heavy atom. The summed E-state index contributed by atoms with van der Waals surface area (Å²) in [6.45, 7) is 0. The predicted octanol–water partition coefficient (Wildman–Crippen LogP) is 2.23. The van der Waals surface area contributed by atoms with Gasteiger partial charge in [-0.3, -0.25) is 4.79 Å². The lowest BCUT2D eigenvalue weighted by Crippen LogP contribution is -2.43. The Labute approximate surface area is 106 Å². The van der Waals surface area contributed by atoms with Gasteiger partial charge in [0.05, 0.1) is 0 Å². The van der Waals surface area contributed by atoms with Gasteiger partial charge in [-0.2, -0.15) is 13.2 Å². The molecule has 1 aromatic carbocycles. The lowest BCUT2D eigenvalue weighted by atomic mass is 9.91. The van der Waals surface area contributed by atoms with Crippen LogP contribution in [0.1, 0.15) is 11.5 Å². The number of alkyl halides is 3. The van der Waals surface area contributed by atoms with Gasteiger partial charge in [-0.05, 0) is 11.6 Å². The van der Waals surface area contributed by atoms with E-state index in [0.29, 0.717) is 10.9 Å². The average molecular weight is 272 g/mol. The topological polar surface area (TPSA) is 79.1 Å². The number of rotatable bonds is 3. The summed E-state index contributed by atoms with van der Waals surface area (Å²) in [6.07, 6.45) is -3.58. The van der Waals surface area contributed by atoms with Crippen LogP contribution in [-0.2, 0) is 4.79 Å². The number of aromatic amines is 1. The van der Waals surface area contributed by atoms with Crippen LogP contribution in [0.5, 0.6) is 0 Å². The zero-order chi connectivity index (χ0) is 14.2. The van der Waals surface area contributed by atoms with E-state index in [9.17, 15) is 18.0 Å². The van der Waals surface area contributed by atoms with E-state index < -0.39 is 24.1 Å². The van der Waals surface area contributed by atoms with Crippen LogP contribution in [0.25, 0.3) is 10.9 Å². The fraction of sp³-hybridized carbons (Fsp3) is 0.250. The molecule has 1 unspecified atom stereocenters. The highest BCUT2D eigenvalue weighted by molar-refractivity contribution is 5.85. The van der Waals surface area contributed by atoms with Crippen molar-refractivity contribution in [3.05, 3.63) is 36.0 Å². The molecule has 1 heterocycles. The highest BCUT2D eigenvalue weighted by atomic mass is 19.4. The van der Waals surface area contributed by atoms with Crippen molar-refractivity contribution in [1.29, 1.82) is 0 Å². The Balaban J connectivity index is 2.58. The molecule has 0 aliphatic heterocycles. The number of H-pyrrole nitrogens is 1. The number of para-hydroxylation sites is 1. The largest absolute Gasteiger partial charge is 0.480 e. The monoisotopic (exact) mass is 272 g/mol. The van der Waals surface area contributed by atoms with Crippen LogP contribution in [0.2, 0.25) is 0 Å². The minimum Gasteiger partial charge on any atom is -0.480 e. The number of nitrogens with two attached hydrogens (primary N) is 1. The quantitative estimate of drug-likeness (QED) is 0.801. The lowest BCUT2D eigenvalue weighted by Gasteiger charge is -2.23. The van der Waals surface area contributed by atoms with Crippen LogP contribution in [0.3, 0.4) is 0 Å². The van der Waals surface area contributed by atoms with Crippen molar-refractivity contribution in [3.8, 4) is 0 Å². The van der Waals surface area contributed by atoms with E-state index in [1.807, 2.05) is 0 Å². The first-order chi connectivity index (χ1) is 8.82. The Morgan fingerprint density at radius 1 is 1.32 bits per heavy atom. The van der Waals surface area contributed by atoms with Gasteiger partial charge >= 0.3 is 12.1 Å². The first kappa shape index (κ1) is 13.4. The van der Waals surface area contributed by atoms with Crippen molar-refractivity contribution >= 4 is 16.9 Å². The van der Waals surface area contributed by atoms with Gasteiger partial charge in [-0.25, -0.2) is 0 Å². The summed E-state index contributed by atoms with van der Waals surface area (Å²) in [5, 5.41) is 9.07. The van der Waals surface area contributed by atoms with Crippen LogP contribution in [0, 0.1) is 0 Å². The summed E-state index contributed by atoms with van der Waals surface area (Å²) in [6, 6.07) is 4.31. The maximum atomic E-state index is 13.1. The molecule has 0 aliphatic carbocycles. The van der Waals surface area contributed by atoms with Gasteiger partial charge in [0.25, 0.3) is 0 Å². The van der Waals surface area contributed by atoms with Crippen LogP contribution < -0.4 is 5.73 Å². The minimum atomic E-state index is -4.73. The third-order valence-corrected chi connectivity index (χ3v) is 2.95. The molecule has 19 heavy (non-hydrogen) atoms.